The Labute approximate surface area is 134 Å². The lowest BCUT2D eigenvalue weighted by atomic mass is 10.0. The highest BCUT2D eigenvalue weighted by molar-refractivity contribution is 9.10. The van der Waals surface area contributed by atoms with E-state index in [0.29, 0.717) is 0 Å². The molecular formula is C18H20BrNO. The van der Waals surface area contributed by atoms with Crippen LogP contribution in [0.15, 0.2) is 40.9 Å². The lowest BCUT2D eigenvalue weighted by Crippen LogP contribution is -2.25. The van der Waals surface area contributed by atoms with Gasteiger partial charge in [-0.1, -0.05) is 53.7 Å². The minimum Gasteiger partial charge on any atom is -0.352 e. The van der Waals surface area contributed by atoms with E-state index in [1.807, 2.05) is 30.3 Å². The van der Waals surface area contributed by atoms with Gasteiger partial charge in [0.1, 0.15) is 0 Å². The smallest absolute Gasteiger partial charge is 0.251 e. The van der Waals surface area contributed by atoms with Crippen molar-refractivity contribution in [3.05, 3.63) is 46.4 Å². The van der Waals surface area contributed by atoms with E-state index in [1.165, 1.54) is 25.7 Å². The van der Waals surface area contributed by atoms with Crippen LogP contribution < -0.4 is 5.32 Å². The van der Waals surface area contributed by atoms with E-state index in [4.69, 9.17) is 0 Å². The Hall–Kier alpha value is -1.35. The van der Waals surface area contributed by atoms with Gasteiger partial charge in [-0.3, -0.25) is 4.79 Å². The zero-order valence-electron chi connectivity index (χ0n) is 12.1. The minimum absolute atomic E-state index is 0.0396. The molecule has 0 atom stereocenters. The summed E-state index contributed by atoms with van der Waals surface area (Å²) in [4.78, 5) is 12.2. The average Bonchev–Trinajstić information content (AvgIpc) is 3.00. The van der Waals surface area contributed by atoms with Crippen LogP contribution in [0, 0.1) is 5.92 Å². The highest BCUT2D eigenvalue weighted by Crippen LogP contribution is 2.27. The SMILES string of the molecule is O=C(NCCC1CCCC1)c1ccc2cc(Br)ccc2c1. The van der Waals surface area contributed by atoms with E-state index in [0.717, 1.165) is 39.7 Å². The van der Waals surface area contributed by atoms with Gasteiger partial charge < -0.3 is 5.32 Å². The van der Waals surface area contributed by atoms with Crippen molar-refractivity contribution in [2.45, 2.75) is 32.1 Å². The van der Waals surface area contributed by atoms with Gasteiger partial charge in [-0.15, -0.1) is 0 Å². The molecule has 0 aromatic heterocycles. The largest absolute Gasteiger partial charge is 0.352 e. The molecule has 0 unspecified atom stereocenters. The molecule has 2 aromatic carbocycles. The van der Waals surface area contributed by atoms with E-state index in [2.05, 4.69) is 27.3 Å². The topological polar surface area (TPSA) is 29.1 Å². The molecule has 0 heterocycles. The molecule has 1 aliphatic carbocycles. The number of fused-ring (bicyclic) bond motifs is 1. The molecule has 2 nitrogen and oxygen atoms in total. The summed E-state index contributed by atoms with van der Waals surface area (Å²) in [6.07, 6.45) is 6.51. The Morgan fingerprint density at radius 2 is 1.81 bits per heavy atom. The summed E-state index contributed by atoms with van der Waals surface area (Å²) in [6.45, 7) is 0.794. The molecule has 1 fully saturated rings. The molecule has 1 amide bonds. The fourth-order valence-electron chi connectivity index (χ4n) is 3.15. The Bertz CT molecular complexity index is 647. The second-order valence-electron chi connectivity index (χ2n) is 5.90. The van der Waals surface area contributed by atoms with Crippen LogP contribution in [-0.2, 0) is 0 Å². The van der Waals surface area contributed by atoms with Crippen LogP contribution in [0.25, 0.3) is 10.8 Å². The predicted octanol–water partition coefficient (Wildman–Crippen LogP) is 4.91. The third-order valence-corrected chi connectivity index (χ3v) is 4.87. The van der Waals surface area contributed by atoms with Crippen molar-refractivity contribution in [1.82, 2.24) is 5.32 Å². The first-order valence-electron chi connectivity index (χ1n) is 7.70. The lowest BCUT2D eigenvalue weighted by Gasteiger charge is -2.10. The van der Waals surface area contributed by atoms with Crippen molar-refractivity contribution in [2.75, 3.05) is 6.54 Å². The van der Waals surface area contributed by atoms with Crippen LogP contribution >= 0.6 is 15.9 Å². The molecule has 0 bridgehead atoms. The highest BCUT2D eigenvalue weighted by atomic mass is 79.9. The number of hydrogen-bond donors (Lipinski definition) is 1. The number of hydrogen-bond acceptors (Lipinski definition) is 1. The van der Waals surface area contributed by atoms with Gasteiger partial charge in [0.15, 0.2) is 0 Å². The van der Waals surface area contributed by atoms with Crippen LogP contribution in [0.2, 0.25) is 0 Å². The second-order valence-corrected chi connectivity index (χ2v) is 6.82. The molecule has 1 N–H and O–H groups in total. The molecule has 1 saturated carbocycles. The van der Waals surface area contributed by atoms with Gasteiger partial charge in [-0.2, -0.15) is 0 Å². The van der Waals surface area contributed by atoms with E-state index in [1.54, 1.807) is 0 Å². The standard InChI is InChI=1S/C18H20BrNO/c19-17-8-7-14-11-16(6-5-15(14)12-17)18(21)20-10-9-13-3-1-2-4-13/h5-8,11-13H,1-4,9-10H2,(H,20,21). The van der Waals surface area contributed by atoms with Gasteiger partial charge in [-0.25, -0.2) is 0 Å². The zero-order chi connectivity index (χ0) is 14.7. The fourth-order valence-corrected chi connectivity index (χ4v) is 3.53. The Kier molecular flexibility index (Phi) is 4.59. The maximum atomic E-state index is 12.2. The summed E-state index contributed by atoms with van der Waals surface area (Å²) in [5, 5.41) is 5.30. The predicted molar refractivity (Wildman–Crippen MR) is 90.6 cm³/mol. The van der Waals surface area contributed by atoms with Crippen molar-refractivity contribution in [3.63, 3.8) is 0 Å². The number of rotatable bonds is 4. The van der Waals surface area contributed by atoms with E-state index < -0.39 is 0 Å². The molecule has 0 saturated heterocycles. The van der Waals surface area contributed by atoms with Crippen LogP contribution in [0.5, 0.6) is 0 Å². The summed E-state index contributed by atoms with van der Waals surface area (Å²) >= 11 is 3.47. The first kappa shape index (κ1) is 14.6. The van der Waals surface area contributed by atoms with Crippen LogP contribution in [0.3, 0.4) is 0 Å². The molecule has 0 spiro atoms. The zero-order valence-corrected chi connectivity index (χ0v) is 13.7. The van der Waals surface area contributed by atoms with Gasteiger partial charge in [0.2, 0.25) is 0 Å². The van der Waals surface area contributed by atoms with Crippen molar-refractivity contribution in [2.24, 2.45) is 5.92 Å². The summed E-state index contributed by atoms with van der Waals surface area (Å²) < 4.78 is 1.06. The molecule has 3 rings (SSSR count). The Morgan fingerprint density at radius 1 is 1.10 bits per heavy atom. The van der Waals surface area contributed by atoms with Gasteiger partial charge in [-0.05, 0) is 47.4 Å². The summed E-state index contributed by atoms with van der Waals surface area (Å²) in [5.41, 5.74) is 0.747. The molecule has 0 radical (unpaired) electrons. The van der Waals surface area contributed by atoms with Crippen LogP contribution in [0.4, 0.5) is 0 Å². The molecule has 0 aliphatic heterocycles. The van der Waals surface area contributed by atoms with E-state index >= 15 is 0 Å². The number of amides is 1. The van der Waals surface area contributed by atoms with Crippen molar-refractivity contribution in [3.8, 4) is 0 Å². The van der Waals surface area contributed by atoms with Gasteiger partial charge in [0.25, 0.3) is 5.91 Å². The maximum Gasteiger partial charge on any atom is 0.251 e. The van der Waals surface area contributed by atoms with Gasteiger partial charge in [0.05, 0.1) is 0 Å². The number of nitrogens with one attached hydrogen (secondary N) is 1. The summed E-state index contributed by atoms with van der Waals surface area (Å²) in [7, 11) is 0. The second kappa shape index (κ2) is 6.61. The highest BCUT2D eigenvalue weighted by Gasteiger charge is 2.15. The maximum absolute atomic E-state index is 12.2. The number of benzene rings is 2. The monoisotopic (exact) mass is 345 g/mol. The fraction of sp³-hybridized carbons (Fsp3) is 0.389. The Balaban J connectivity index is 1.62. The number of carbonyl (C=O) groups is 1. The van der Waals surface area contributed by atoms with Gasteiger partial charge in [0, 0.05) is 16.6 Å². The summed E-state index contributed by atoms with van der Waals surface area (Å²) in [5.74, 6) is 0.858. The number of halogens is 1. The molecule has 1 aliphatic rings. The molecule has 3 heteroatoms. The van der Waals surface area contributed by atoms with Crippen LogP contribution in [-0.4, -0.2) is 12.5 Å². The summed E-state index contributed by atoms with van der Waals surface area (Å²) in [6, 6.07) is 12.0. The van der Waals surface area contributed by atoms with E-state index in [-0.39, 0.29) is 5.91 Å². The molecule has 110 valence electrons. The minimum atomic E-state index is 0.0396. The van der Waals surface area contributed by atoms with E-state index in [9.17, 15) is 4.79 Å². The van der Waals surface area contributed by atoms with Crippen molar-refractivity contribution < 1.29 is 4.79 Å². The molecule has 21 heavy (non-hydrogen) atoms. The molecule has 2 aromatic rings. The quantitative estimate of drug-likeness (QED) is 0.837. The Morgan fingerprint density at radius 3 is 2.62 bits per heavy atom. The first-order chi connectivity index (χ1) is 10.2. The third kappa shape index (κ3) is 3.65. The third-order valence-electron chi connectivity index (χ3n) is 4.38. The van der Waals surface area contributed by atoms with Gasteiger partial charge >= 0.3 is 0 Å². The normalized spacial score (nSPS) is 15.5. The lowest BCUT2D eigenvalue weighted by molar-refractivity contribution is 0.0951. The average molecular weight is 346 g/mol. The number of carbonyl (C=O) groups excluding carboxylic acids is 1. The first-order valence-corrected chi connectivity index (χ1v) is 8.49. The van der Waals surface area contributed by atoms with Crippen LogP contribution in [0.1, 0.15) is 42.5 Å². The van der Waals surface area contributed by atoms with Crippen molar-refractivity contribution >= 4 is 32.6 Å². The van der Waals surface area contributed by atoms with Crippen molar-refractivity contribution in [1.29, 1.82) is 0 Å². The molecular weight excluding hydrogens is 326 g/mol.